The molecular formula is C11H20O2. The minimum Gasteiger partial charge on any atom is -0.350 e. The number of epoxide rings is 1. The first-order chi connectivity index (χ1) is 6.37. The van der Waals surface area contributed by atoms with Gasteiger partial charge in [0, 0.05) is 6.61 Å². The van der Waals surface area contributed by atoms with Crippen LogP contribution in [-0.4, -0.2) is 18.5 Å². The van der Waals surface area contributed by atoms with Gasteiger partial charge in [-0.15, -0.1) is 0 Å². The standard InChI is InChI=1S/C11H20O2/c1-2-3-9-12-10-11(13-10)7-5-4-6-8-11/h10H,2-9H2,1H3. The van der Waals surface area contributed by atoms with E-state index in [0.717, 1.165) is 13.0 Å². The van der Waals surface area contributed by atoms with E-state index in [0.29, 0.717) is 0 Å². The number of ether oxygens (including phenoxy) is 2. The Morgan fingerprint density at radius 2 is 2.08 bits per heavy atom. The van der Waals surface area contributed by atoms with Gasteiger partial charge in [-0.1, -0.05) is 32.6 Å². The summed E-state index contributed by atoms with van der Waals surface area (Å²) >= 11 is 0. The Bertz CT molecular complexity index is 161. The Morgan fingerprint density at radius 1 is 1.31 bits per heavy atom. The Balaban J connectivity index is 1.67. The van der Waals surface area contributed by atoms with Gasteiger partial charge < -0.3 is 9.47 Å². The lowest BCUT2D eigenvalue weighted by molar-refractivity contribution is 0.0484. The molecule has 1 saturated carbocycles. The van der Waals surface area contributed by atoms with Crippen LogP contribution in [-0.2, 0) is 9.47 Å². The van der Waals surface area contributed by atoms with Crippen molar-refractivity contribution in [2.75, 3.05) is 6.61 Å². The molecule has 0 aromatic carbocycles. The fourth-order valence-corrected chi connectivity index (χ4v) is 2.20. The zero-order valence-corrected chi connectivity index (χ0v) is 8.55. The fraction of sp³-hybridized carbons (Fsp3) is 1.00. The molecule has 0 radical (unpaired) electrons. The zero-order valence-electron chi connectivity index (χ0n) is 8.55. The average molecular weight is 184 g/mol. The molecule has 2 fully saturated rings. The van der Waals surface area contributed by atoms with Gasteiger partial charge in [-0.25, -0.2) is 0 Å². The first kappa shape index (κ1) is 9.47. The average Bonchev–Trinajstić information content (AvgIpc) is 2.80. The molecular weight excluding hydrogens is 164 g/mol. The van der Waals surface area contributed by atoms with Crippen molar-refractivity contribution in [3.8, 4) is 0 Å². The molecule has 1 unspecified atom stereocenters. The third kappa shape index (κ3) is 2.05. The van der Waals surface area contributed by atoms with E-state index in [9.17, 15) is 0 Å². The summed E-state index contributed by atoms with van der Waals surface area (Å²) in [5.41, 5.74) is 0.173. The number of hydrogen-bond acceptors (Lipinski definition) is 2. The fourth-order valence-electron chi connectivity index (χ4n) is 2.20. The number of hydrogen-bond donors (Lipinski definition) is 0. The molecule has 0 amide bonds. The molecule has 2 nitrogen and oxygen atoms in total. The van der Waals surface area contributed by atoms with Crippen molar-refractivity contribution in [3.63, 3.8) is 0 Å². The van der Waals surface area contributed by atoms with E-state index in [1.54, 1.807) is 0 Å². The van der Waals surface area contributed by atoms with Crippen LogP contribution in [0.5, 0.6) is 0 Å². The lowest BCUT2D eigenvalue weighted by Gasteiger charge is -2.17. The highest BCUT2D eigenvalue weighted by molar-refractivity contribution is 4.99. The lowest BCUT2D eigenvalue weighted by Crippen LogP contribution is -2.20. The molecule has 0 aromatic heterocycles. The molecule has 1 atom stereocenters. The Kier molecular flexibility index (Phi) is 2.89. The molecule has 13 heavy (non-hydrogen) atoms. The second kappa shape index (κ2) is 3.97. The third-order valence-corrected chi connectivity index (χ3v) is 3.18. The predicted molar refractivity (Wildman–Crippen MR) is 51.5 cm³/mol. The molecule has 0 bridgehead atoms. The third-order valence-electron chi connectivity index (χ3n) is 3.18. The van der Waals surface area contributed by atoms with Crippen molar-refractivity contribution in [3.05, 3.63) is 0 Å². The molecule has 2 rings (SSSR count). The SMILES string of the molecule is CCCCOC1OC12CCCCC2. The molecule has 0 aromatic rings. The predicted octanol–water partition coefficient (Wildman–Crippen LogP) is 2.86. The normalized spacial score (nSPS) is 30.7. The van der Waals surface area contributed by atoms with Gasteiger partial charge in [0.2, 0.25) is 0 Å². The maximum absolute atomic E-state index is 5.67. The van der Waals surface area contributed by atoms with Gasteiger partial charge >= 0.3 is 0 Å². The number of rotatable bonds is 4. The van der Waals surface area contributed by atoms with Crippen LogP contribution in [0.15, 0.2) is 0 Å². The van der Waals surface area contributed by atoms with Crippen LogP contribution >= 0.6 is 0 Å². The van der Waals surface area contributed by atoms with E-state index >= 15 is 0 Å². The minimum absolute atomic E-state index is 0.152. The zero-order chi connectivity index (χ0) is 9.15. The van der Waals surface area contributed by atoms with Crippen LogP contribution < -0.4 is 0 Å². The van der Waals surface area contributed by atoms with Crippen molar-refractivity contribution in [1.82, 2.24) is 0 Å². The van der Waals surface area contributed by atoms with E-state index < -0.39 is 0 Å². The summed E-state index contributed by atoms with van der Waals surface area (Å²) in [6, 6.07) is 0. The molecule has 1 saturated heterocycles. The summed E-state index contributed by atoms with van der Waals surface area (Å²) in [5, 5.41) is 0. The van der Waals surface area contributed by atoms with Crippen LogP contribution in [0.3, 0.4) is 0 Å². The smallest absolute Gasteiger partial charge is 0.187 e. The summed E-state index contributed by atoms with van der Waals surface area (Å²) in [5.74, 6) is 0. The highest BCUT2D eigenvalue weighted by Crippen LogP contribution is 2.48. The molecule has 1 aliphatic heterocycles. The molecule has 0 N–H and O–H groups in total. The van der Waals surface area contributed by atoms with E-state index in [2.05, 4.69) is 6.92 Å². The molecule has 1 heterocycles. The summed E-state index contributed by atoms with van der Waals surface area (Å²) in [4.78, 5) is 0. The van der Waals surface area contributed by atoms with Crippen molar-refractivity contribution in [1.29, 1.82) is 0 Å². The van der Waals surface area contributed by atoms with Gasteiger partial charge in [-0.05, 0) is 19.3 Å². The van der Waals surface area contributed by atoms with Gasteiger partial charge in [0.25, 0.3) is 0 Å². The molecule has 1 spiro atoms. The largest absolute Gasteiger partial charge is 0.350 e. The van der Waals surface area contributed by atoms with E-state index in [1.165, 1.54) is 38.5 Å². The van der Waals surface area contributed by atoms with Crippen LogP contribution in [0.25, 0.3) is 0 Å². The van der Waals surface area contributed by atoms with Crippen molar-refractivity contribution < 1.29 is 9.47 Å². The van der Waals surface area contributed by atoms with Crippen molar-refractivity contribution >= 4 is 0 Å². The van der Waals surface area contributed by atoms with Gasteiger partial charge in [-0.2, -0.15) is 0 Å². The Hall–Kier alpha value is -0.0800. The lowest BCUT2D eigenvalue weighted by atomic mass is 9.89. The molecule has 2 heteroatoms. The van der Waals surface area contributed by atoms with Crippen LogP contribution in [0.2, 0.25) is 0 Å². The number of unbranched alkanes of at least 4 members (excludes halogenated alkanes) is 1. The first-order valence-corrected chi connectivity index (χ1v) is 5.67. The maximum atomic E-state index is 5.67. The summed E-state index contributed by atoms with van der Waals surface area (Å²) in [6.45, 7) is 3.07. The first-order valence-electron chi connectivity index (χ1n) is 5.67. The molecule has 1 aliphatic carbocycles. The highest BCUT2D eigenvalue weighted by Gasteiger charge is 2.57. The summed E-state index contributed by atoms with van der Waals surface area (Å²) < 4.78 is 11.3. The van der Waals surface area contributed by atoms with Crippen LogP contribution in [0.4, 0.5) is 0 Å². The summed E-state index contributed by atoms with van der Waals surface area (Å²) in [7, 11) is 0. The minimum atomic E-state index is 0.152. The second-order valence-corrected chi connectivity index (χ2v) is 4.30. The topological polar surface area (TPSA) is 21.8 Å². The molecule has 76 valence electrons. The van der Waals surface area contributed by atoms with Gasteiger partial charge in [0.15, 0.2) is 6.29 Å². The van der Waals surface area contributed by atoms with Gasteiger partial charge in [0.05, 0.1) is 0 Å². The quantitative estimate of drug-likeness (QED) is 0.495. The van der Waals surface area contributed by atoms with Crippen molar-refractivity contribution in [2.24, 2.45) is 0 Å². The van der Waals surface area contributed by atoms with E-state index in [1.807, 2.05) is 0 Å². The van der Waals surface area contributed by atoms with Crippen LogP contribution in [0, 0.1) is 0 Å². The highest BCUT2D eigenvalue weighted by atomic mass is 16.8. The maximum Gasteiger partial charge on any atom is 0.187 e. The van der Waals surface area contributed by atoms with Crippen LogP contribution in [0.1, 0.15) is 51.9 Å². The molecule has 2 aliphatic rings. The summed E-state index contributed by atoms with van der Waals surface area (Å²) in [6.07, 6.45) is 9.01. The second-order valence-electron chi connectivity index (χ2n) is 4.30. The van der Waals surface area contributed by atoms with Crippen molar-refractivity contribution in [2.45, 2.75) is 63.8 Å². The van der Waals surface area contributed by atoms with Gasteiger partial charge in [-0.3, -0.25) is 0 Å². The van der Waals surface area contributed by atoms with E-state index in [4.69, 9.17) is 9.47 Å². The van der Waals surface area contributed by atoms with Gasteiger partial charge in [0.1, 0.15) is 5.60 Å². The Labute approximate surface area is 80.6 Å². The monoisotopic (exact) mass is 184 g/mol. The van der Waals surface area contributed by atoms with E-state index in [-0.39, 0.29) is 11.9 Å². The Morgan fingerprint density at radius 3 is 2.77 bits per heavy atom.